The van der Waals surface area contributed by atoms with Crippen LogP contribution in [0, 0.1) is 45.8 Å². The zero-order valence-corrected chi connectivity index (χ0v) is 41.4. The first-order valence-corrected chi connectivity index (χ1v) is 26.2. The molecule has 0 saturated carbocycles. The van der Waals surface area contributed by atoms with Gasteiger partial charge in [0.25, 0.3) is 0 Å². The highest BCUT2D eigenvalue weighted by Gasteiger charge is 2.54. The average Bonchev–Trinajstić information content (AvgIpc) is 3.13. The Bertz CT molecular complexity index is 805. The molecular formula is C55H111. The molecule has 0 aromatic heterocycles. The van der Waals surface area contributed by atoms with Crippen LogP contribution >= 0.6 is 0 Å². The van der Waals surface area contributed by atoms with Gasteiger partial charge in [-0.05, 0) is 104 Å². The largest absolute Gasteiger partial charge is 0.0654 e. The molecule has 0 amide bonds. The summed E-state index contributed by atoms with van der Waals surface area (Å²) < 4.78 is 0. The number of hydrogen-bond donors (Lipinski definition) is 0. The van der Waals surface area contributed by atoms with E-state index in [2.05, 4.69) is 95.9 Å². The lowest BCUT2D eigenvalue weighted by Gasteiger charge is -2.58. The second-order valence-electron chi connectivity index (χ2n) is 21.2. The number of hydrogen-bond acceptors (Lipinski definition) is 0. The molecule has 0 aliphatic carbocycles. The van der Waals surface area contributed by atoms with Crippen molar-refractivity contribution < 1.29 is 0 Å². The van der Waals surface area contributed by atoms with Crippen molar-refractivity contribution in [1.82, 2.24) is 0 Å². The molecule has 0 heteroatoms. The first-order valence-electron chi connectivity index (χ1n) is 26.2. The van der Waals surface area contributed by atoms with E-state index in [1.807, 2.05) is 0 Å². The van der Waals surface area contributed by atoms with Crippen LogP contribution in [0.4, 0.5) is 0 Å². The van der Waals surface area contributed by atoms with Crippen molar-refractivity contribution in [2.24, 2.45) is 39.9 Å². The summed E-state index contributed by atoms with van der Waals surface area (Å²) in [5.41, 5.74) is 1.28. The van der Waals surface area contributed by atoms with Gasteiger partial charge in [-0.2, -0.15) is 0 Å². The van der Waals surface area contributed by atoms with Crippen LogP contribution in [0.3, 0.4) is 0 Å². The molecule has 0 aliphatic rings. The third-order valence-electron chi connectivity index (χ3n) is 14.7. The Morgan fingerprint density at radius 3 is 1.24 bits per heavy atom. The zero-order chi connectivity index (χ0) is 41.4. The minimum atomic E-state index is 0.420. The summed E-state index contributed by atoms with van der Waals surface area (Å²) in [6.45, 7) is 32.6. The van der Waals surface area contributed by atoms with Crippen LogP contribution in [0.15, 0.2) is 0 Å². The number of unbranched alkanes of at least 4 members (excludes halogenated alkanes) is 16. The molecule has 0 heterocycles. The molecule has 55 heavy (non-hydrogen) atoms. The summed E-state index contributed by atoms with van der Waals surface area (Å²) in [7, 11) is 0. The second kappa shape index (κ2) is 33.8. The van der Waals surface area contributed by atoms with Gasteiger partial charge < -0.3 is 0 Å². The van der Waals surface area contributed by atoms with Crippen molar-refractivity contribution >= 4 is 0 Å². The molecule has 1 radical (unpaired) electrons. The van der Waals surface area contributed by atoms with E-state index in [0.29, 0.717) is 16.2 Å². The molecule has 0 fully saturated rings. The smallest absolute Gasteiger partial charge is 0.0173 e. The monoisotopic (exact) mass is 772 g/mol. The maximum Gasteiger partial charge on any atom is -0.0173 e. The fourth-order valence-electron chi connectivity index (χ4n) is 11.5. The minimum absolute atomic E-state index is 0.420. The van der Waals surface area contributed by atoms with Crippen LogP contribution in [0.1, 0.15) is 308 Å². The van der Waals surface area contributed by atoms with Gasteiger partial charge in [0, 0.05) is 0 Å². The van der Waals surface area contributed by atoms with E-state index in [1.54, 1.807) is 0 Å². The topological polar surface area (TPSA) is 0 Å². The fraction of sp³-hybridized carbons (Fsp3) is 0.982. The summed E-state index contributed by atoms with van der Waals surface area (Å²) in [6.07, 6.45) is 48.6. The van der Waals surface area contributed by atoms with E-state index in [-0.39, 0.29) is 0 Å². The van der Waals surface area contributed by atoms with Gasteiger partial charge >= 0.3 is 0 Å². The summed E-state index contributed by atoms with van der Waals surface area (Å²) >= 11 is 0. The van der Waals surface area contributed by atoms with Crippen molar-refractivity contribution in [2.75, 3.05) is 0 Å². The quantitative estimate of drug-likeness (QED) is 0.0543. The maximum absolute atomic E-state index is 2.73. The Morgan fingerprint density at radius 2 is 0.745 bits per heavy atom. The van der Waals surface area contributed by atoms with Gasteiger partial charge in [0.1, 0.15) is 0 Å². The molecule has 0 bridgehead atoms. The SMILES string of the molecule is CCCCCCCCC(CCCCC(C)C)(C(C)C)C(CCCCCCC)(CCCC(C)C)C[C](CCCC)C(CCCCC)(CCCCCC)CC(C)C. The highest BCUT2D eigenvalue weighted by atomic mass is 14.6. The highest BCUT2D eigenvalue weighted by molar-refractivity contribution is 5.14. The van der Waals surface area contributed by atoms with Gasteiger partial charge in [-0.1, -0.05) is 251 Å². The van der Waals surface area contributed by atoms with Crippen molar-refractivity contribution in [2.45, 2.75) is 308 Å². The predicted molar refractivity (Wildman–Crippen MR) is 255 cm³/mol. The Hall–Kier alpha value is 0. The molecule has 0 spiro atoms. The van der Waals surface area contributed by atoms with Crippen LogP contribution in [0.2, 0.25) is 0 Å². The van der Waals surface area contributed by atoms with Crippen molar-refractivity contribution in [3.63, 3.8) is 0 Å². The fourth-order valence-corrected chi connectivity index (χ4v) is 11.5. The van der Waals surface area contributed by atoms with Gasteiger partial charge in [-0.25, -0.2) is 0 Å². The molecule has 0 aliphatic heterocycles. The van der Waals surface area contributed by atoms with E-state index in [0.717, 1.165) is 23.7 Å². The Kier molecular flexibility index (Phi) is 33.8. The maximum atomic E-state index is 2.73. The third-order valence-corrected chi connectivity index (χ3v) is 14.7. The van der Waals surface area contributed by atoms with Gasteiger partial charge in [0.15, 0.2) is 0 Å². The van der Waals surface area contributed by atoms with Gasteiger partial charge in [-0.15, -0.1) is 0 Å². The third kappa shape index (κ3) is 22.8. The van der Waals surface area contributed by atoms with E-state index in [1.165, 1.54) is 218 Å². The lowest BCUT2D eigenvalue weighted by molar-refractivity contribution is -0.0624. The molecule has 0 aromatic carbocycles. The van der Waals surface area contributed by atoms with Crippen LogP contribution in [-0.4, -0.2) is 0 Å². The lowest BCUT2D eigenvalue weighted by Crippen LogP contribution is -2.49. The average molecular weight is 772 g/mol. The van der Waals surface area contributed by atoms with E-state index >= 15 is 0 Å². The Labute approximate surface area is 352 Å². The van der Waals surface area contributed by atoms with Gasteiger partial charge in [0.2, 0.25) is 0 Å². The van der Waals surface area contributed by atoms with E-state index in [9.17, 15) is 0 Å². The zero-order valence-electron chi connectivity index (χ0n) is 41.4. The number of rotatable bonds is 41. The van der Waals surface area contributed by atoms with Crippen LogP contribution in [0.5, 0.6) is 0 Å². The molecule has 0 rings (SSSR count). The predicted octanol–water partition coefficient (Wildman–Crippen LogP) is 20.5. The molecule has 3 atom stereocenters. The van der Waals surface area contributed by atoms with Crippen molar-refractivity contribution in [3.05, 3.63) is 5.92 Å². The summed E-state index contributed by atoms with van der Waals surface area (Å²) in [5.74, 6) is 5.24. The molecular weight excluding hydrogens is 661 g/mol. The first kappa shape index (κ1) is 55.0. The molecule has 3 unspecified atom stereocenters. The molecule has 0 aromatic rings. The molecule has 0 nitrogen and oxygen atoms in total. The molecule has 331 valence electrons. The van der Waals surface area contributed by atoms with E-state index < -0.39 is 0 Å². The Morgan fingerprint density at radius 1 is 0.364 bits per heavy atom. The first-order chi connectivity index (χ1) is 26.4. The van der Waals surface area contributed by atoms with E-state index in [4.69, 9.17) is 0 Å². The normalized spacial score (nSPS) is 15.8. The van der Waals surface area contributed by atoms with Crippen LogP contribution < -0.4 is 0 Å². The van der Waals surface area contributed by atoms with Crippen molar-refractivity contribution in [3.8, 4) is 0 Å². The Balaban J connectivity index is 7.82. The lowest BCUT2D eigenvalue weighted by atomic mass is 9.46. The standard InChI is InChI=1S/C55H111/c1-14-19-24-27-29-34-44-55(51(12)13,45-35-30-37-48(6)7)54(43-36-38-49(8)9,42-33-28-25-20-15-2)47-52(39-23-18-5)53(46-50(10)11,40-31-22-17-4)41-32-26-21-16-3/h48-51H,14-47H2,1-13H3. The summed E-state index contributed by atoms with van der Waals surface area (Å²) in [4.78, 5) is 0. The molecule has 0 saturated heterocycles. The van der Waals surface area contributed by atoms with Gasteiger partial charge in [0.05, 0.1) is 0 Å². The minimum Gasteiger partial charge on any atom is -0.0654 e. The second-order valence-corrected chi connectivity index (χ2v) is 21.2. The summed E-state index contributed by atoms with van der Waals surface area (Å²) in [6, 6.07) is 0. The van der Waals surface area contributed by atoms with Crippen molar-refractivity contribution in [1.29, 1.82) is 0 Å². The summed E-state index contributed by atoms with van der Waals surface area (Å²) in [5, 5.41) is 0. The molecule has 0 N–H and O–H groups in total. The van der Waals surface area contributed by atoms with Gasteiger partial charge in [-0.3, -0.25) is 0 Å². The highest BCUT2D eigenvalue weighted by Crippen LogP contribution is 2.64. The van der Waals surface area contributed by atoms with Crippen LogP contribution in [0.25, 0.3) is 0 Å². The van der Waals surface area contributed by atoms with Crippen LogP contribution in [-0.2, 0) is 0 Å².